The van der Waals surface area contributed by atoms with E-state index in [1.54, 1.807) is 18.2 Å². The molecule has 5 nitrogen and oxygen atoms in total. The summed E-state index contributed by atoms with van der Waals surface area (Å²) in [5.74, 6) is 0.236. The Labute approximate surface area is 141 Å². The van der Waals surface area contributed by atoms with E-state index in [-0.39, 0.29) is 10.7 Å². The molecule has 0 aliphatic heterocycles. The van der Waals surface area contributed by atoms with Crippen LogP contribution in [0.5, 0.6) is 0 Å². The molecule has 3 aromatic rings. The van der Waals surface area contributed by atoms with Crippen LogP contribution in [0.4, 0.5) is 5.82 Å². The molecule has 1 N–H and O–H groups in total. The third-order valence-corrected chi connectivity index (χ3v) is 5.27. The summed E-state index contributed by atoms with van der Waals surface area (Å²) in [6.45, 7) is 0. The van der Waals surface area contributed by atoms with Gasteiger partial charge < -0.3 is 0 Å². The van der Waals surface area contributed by atoms with Gasteiger partial charge in [0.25, 0.3) is 10.0 Å². The van der Waals surface area contributed by atoms with Crippen molar-refractivity contribution in [2.75, 3.05) is 4.72 Å². The van der Waals surface area contributed by atoms with E-state index in [0.717, 1.165) is 9.86 Å². The summed E-state index contributed by atoms with van der Waals surface area (Å²) in [7, 11) is -3.75. The van der Waals surface area contributed by atoms with Crippen LogP contribution in [-0.4, -0.2) is 13.4 Å². The third-order valence-electron chi connectivity index (χ3n) is 3.21. The summed E-state index contributed by atoms with van der Waals surface area (Å²) in [5.41, 5.74) is 1.08. The second kappa shape index (κ2) is 5.99. The highest BCUT2D eigenvalue weighted by molar-refractivity contribution is 9.10. The summed E-state index contributed by atoms with van der Waals surface area (Å²) in [5, 5.41) is 9.66. The van der Waals surface area contributed by atoms with Gasteiger partial charge in [-0.1, -0.05) is 22.0 Å². The number of fused-ring (bicyclic) bond motifs is 1. The summed E-state index contributed by atoms with van der Waals surface area (Å²) in [6, 6.07) is 16.6. The minimum atomic E-state index is -3.75. The predicted molar refractivity (Wildman–Crippen MR) is 91.4 cm³/mol. The Balaban J connectivity index is 1.95. The quantitative estimate of drug-likeness (QED) is 0.742. The maximum atomic E-state index is 12.4. The first-order chi connectivity index (χ1) is 11.0. The van der Waals surface area contributed by atoms with E-state index < -0.39 is 10.0 Å². The van der Waals surface area contributed by atoms with Gasteiger partial charge in [-0.15, -0.1) is 0 Å². The topological polar surface area (TPSA) is 82.8 Å². The fourth-order valence-electron chi connectivity index (χ4n) is 2.08. The molecule has 0 saturated heterocycles. The van der Waals surface area contributed by atoms with Crippen LogP contribution in [0.2, 0.25) is 0 Å². The van der Waals surface area contributed by atoms with Gasteiger partial charge in [0.05, 0.1) is 22.0 Å². The number of hydrogen-bond acceptors (Lipinski definition) is 4. The maximum absolute atomic E-state index is 12.4. The van der Waals surface area contributed by atoms with Crippen molar-refractivity contribution in [3.05, 3.63) is 64.6 Å². The minimum absolute atomic E-state index is 0.0765. The number of benzene rings is 2. The van der Waals surface area contributed by atoms with E-state index in [0.29, 0.717) is 11.1 Å². The molecule has 0 atom stereocenters. The molecule has 23 heavy (non-hydrogen) atoms. The number of anilines is 1. The molecule has 2 aromatic carbocycles. The van der Waals surface area contributed by atoms with Crippen molar-refractivity contribution in [1.82, 2.24) is 4.98 Å². The molecule has 114 valence electrons. The number of aromatic nitrogens is 1. The third kappa shape index (κ3) is 3.18. The van der Waals surface area contributed by atoms with E-state index in [2.05, 4.69) is 25.6 Å². The number of halogens is 1. The largest absolute Gasteiger partial charge is 0.263 e. The number of nitrogens with zero attached hydrogens (tertiary/aromatic N) is 2. The van der Waals surface area contributed by atoms with Crippen molar-refractivity contribution in [3.63, 3.8) is 0 Å². The van der Waals surface area contributed by atoms with Crippen LogP contribution in [0, 0.1) is 11.3 Å². The Morgan fingerprint density at radius 3 is 2.48 bits per heavy atom. The highest BCUT2D eigenvalue weighted by Crippen LogP contribution is 2.24. The van der Waals surface area contributed by atoms with Gasteiger partial charge in [-0.25, -0.2) is 13.4 Å². The summed E-state index contributed by atoms with van der Waals surface area (Å²) in [4.78, 5) is 4.38. The van der Waals surface area contributed by atoms with Crippen molar-refractivity contribution in [3.8, 4) is 6.07 Å². The number of nitrogens with one attached hydrogen (secondary N) is 1. The lowest BCUT2D eigenvalue weighted by molar-refractivity contribution is 0.601. The molecule has 0 unspecified atom stereocenters. The summed E-state index contributed by atoms with van der Waals surface area (Å²) in [6.07, 6.45) is 0. The van der Waals surface area contributed by atoms with Crippen molar-refractivity contribution in [2.45, 2.75) is 4.90 Å². The van der Waals surface area contributed by atoms with E-state index in [4.69, 9.17) is 5.26 Å². The van der Waals surface area contributed by atoms with Crippen LogP contribution < -0.4 is 4.72 Å². The average molecular weight is 388 g/mol. The van der Waals surface area contributed by atoms with Gasteiger partial charge in [0, 0.05) is 9.86 Å². The first-order valence-electron chi connectivity index (χ1n) is 6.58. The Morgan fingerprint density at radius 2 is 1.78 bits per heavy atom. The molecule has 0 saturated carbocycles. The van der Waals surface area contributed by atoms with Crippen LogP contribution in [0.15, 0.2) is 64.0 Å². The molecule has 1 aromatic heterocycles. The van der Waals surface area contributed by atoms with E-state index in [1.807, 2.05) is 18.2 Å². The molecule has 3 rings (SSSR count). The van der Waals surface area contributed by atoms with E-state index in [9.17, 15) is 8.42 Å². The van der Waals surface area contributed by atoms with Gasteiger partial charge in [0.15, 0.2) is 0 Å². The second-order valence-electron chi connectivity index (χ2n) is 4.74. The molecule has 0 fully saturated rings. The number of hydrogen-bond donors (Lipinski definition) is 1. The molecule has 7 heteroatoms. The Kier molecular flexibility index (Phi) is 4.03. The highest BCUT2D eigenvalue weighted by Gasteiger charge is 2.15. The first-order valence-corrected chi connectivity index (χ1v) is 8.85. The van der Waals surface area contributed by atoms with E-state index in [1.165, 1.54) is 24.3 Å². The standard InChI is InChI=1S/C16H10BrN3O2S/c17-14-2-1-3-15-13(14)8-9-16(19-15)20-23(21,22)12-6-4-11(10-18)5-7-12/h1-9H,(H,19,20). The van der Waals surface area contributed by atoms with Gasteiger partial charge in [0.1, 0.15) is 5.82 Å². The van der Waals surface area contributed by atoms with Crippen molar-refractivity contribution in [2.24, 2.45) is 0 Å². The zero-order valence-electron chi connectivity index (χ0n) is 11.7. The maximum Gasteiger partial charge on any atom is 0.263 e. The number of rotatable bonds is 3. The number of sulfonamides is 1. The molecular formula is C16H10BrN3O2S. The Bertz CT molecular complexity index is 1030. The zero-order valence-corrected chi connectivity index (χ0v) is 14.1. The Hall–Kier alpha value is -2.43. The van der Waals surface area contributed by atoms with Crippen LogP contribution in [0.3, 0.4) is 0 Å². The molecule has 0 radical (unpaired) electrons. The van der Waals surface area contributed by atoms with E-state index >= 15 is 0 Å². The summed E-state index contributed by atoms with van der Waals surface area (Å²) >= 11 is 3.43. The fraction of sp³-hybridized carbons (Fsp3) is 0. The molecule has 1 heterocycles. The minimum Gasteiger partial charge on any atom is -0.263 e. The predicted octanol–water partition coefficient (Wildman–Crippen LogP) is 3.67. The fourth-order valence-corrected chi connectivity index (χ4v) is 3.57. The van der Waals surface area contributed by atoms with Gasteiger partial charge in [0.2, 0.25) is 0 Å². The van der Waals surface area contributed by atoms with Crippen LogP contribution >= 0.6 is 15.9 Å². The smallest absolute Gasteiger partial charge is 0.263 e. The Morgan fingerprint density at radius 1 is 1.04 bits per heavy atom. The normalized spacial score (nSPS) is 11.1. The average Bonchev–Trinajstić information content (AvgIpc) is 2.54. The SMILES string of the molecule is N#Cc1ccc(S(=O)(=O)Nc2ccc3c(Br)cccc3n2)cc1. The monoisotopic (exact) mass is 387 g/mol. The molecule has 0 spiro atoms. The second-order valence-corrected chi connectivity index (χ2v) is 7.28. The molecule has 0 amide bonds. The van der Waals surface area contributed by atoms with Crippen molar-refractivity contribution in [1.29, 1.82) is 5.26 Å². The van der Waals surface area contributed by atoms with Gasteiger partial charge >= 0.3 is 0 Å². The highest BCUT2D eigenvalue weighted by atomic mass is 79.9. The lowest BCUT2D eigenvalue weighted by atomic mass is 10.2. The van der Waals surface area contributed by atoms with Gasteiger partial charge in [-0.05, 0) is 48.5 Å². The molecule has 0 bridgehead atoms. The van der Waals surface area contributed by atoms with Crippen molar-refractivity contribution < 1.29 is 8.42 Å². The lowest BCUT2D eigenvalue weighted by Gasteiger charge is -2.08. The number of nitriles is 1. The molecule has 0 aliphatic rings. The lowest BCUT2D eigenvalue weighted by Crippen LogP contribution is -2.13. The first kappa shape index (κ1) is 15.5. The van der Waals surface area contributed by atoms with Crippen LogP contribution in [0.25, 0.3) is 10.9 Å². The molecule has 0 aliphatic carbocycles. The van der Waals surface area contributed by atoms with Gasteiger partial charge in [-0.3, -0.25) is 4.72 Å². The zero-order chi connectivity index (χ0) is 16.4. The molecular weight excluding hydrogens is 378 g/mol. The van der Waals surface area contributed by atoms with Gasteiger partial charge in [-0.2, -0.15) is 5.26 Å². The van der Waals surface area contributed by atoms with Crippen LogP contribution in [-0.2, 0) is 10.0 Å². The summed E-state index contributed by atoms with van der Waals surface area (Å²) < 4.78 is 28.1. The van der Waals surface area contributed by atoms with Crippen molar-refractivity contribution >= 4 is 42.7 Å². The number of pyridine rings is 1. The van der Waals surface area contributed by atoms with Crippen LogP contribution in [0.1, 0.15) is 5.56 Å².